The molecule has 0 bridgehead atoms. The maximum Gasteiger partial charge on any atom is 0.123 e. The van der Waals surface area contributed by atoms with E-state index in [4.69, 9.17) is 4.74 Å². The normalized spacial score (nSPS) is 15.3. The average molecular weight is 223 g/mol. The van der Waals surface area contributed by atoms with Crippen molar-refractivity contribution in [1.82, 2.24) is 5.32 Å². The van der Waals surface area contributed by atoms with Gasteiger partial charge in [-0.3, -0.25) is 0 Å². The second kappa shape index (κ2) is 5.97. The molecule has 2 rings (SSSR count). The van der Waals surface area contributed by atoms with E-state index < -0.39 is 0 Å². The molecule has 2 nitrogen and oxygen atoms in total. The van der Waals surface area contributed by atoms with Crippen LogP contribution in [0, 0.1) is 5.82 Å². The molecule has 88 valence electrons. The zero-order valence-corrected chi connectivity index (χ0v) is 9.42. The van der Waals surface area contributed by atoms with E-state index in [2.05, 4.69) is 5.32 Å². The first kappa shape index (κ1) is 11.6. The van der Waals surface area contributed by atoms with Crippen LogP contribution in [0.2, 0.25) is 0 Å². The van der Waals surface area contributed by atoms with Crippen LogP contribution >= 0.6 is 0 Å². The molecule has 0 saturated heterocycles. The average Bonchev–Trinajstić information content (AvgIpc) is 3.10. The smallest absolute Gasteiger partial charge is 0.123 e. The summed E-state index contributed by atoms with van der Waals surface area (Å²) in [5.74, 6) is -0.182. The summed E-state index contributed by atoms with van der Waals surface area (Å²) in [5, 5.41) is 3.39. The number of ether oxygens (including phenoxy) is 1. The highest BCUT2D eigenvalue weighted by molar-refractivity contribution is 5.15. The van der Waals surface area contributed by atoms with E-state index in [0.29, 0.717) is 6.61 Å². The molecule has 1 N–H and O–H groups in total. The number of hydrogen-bond donors (Lipinski definition) is 1. The van der Waals surface area contributed by atoms with Gasteiger partial charge in [-0.25, -0.2) is 4.39 Å². The van der Waals surface area contributed by atoms with Crippen molar-refractivity contribution in [3.63, 3.8) is 0 Å². The summed E-state index contributed by atoms with van der Waals surface area (Å²) in [4.78, 5) is 0. The van der Waals surface area contributed by atoms with Crippen molar-refractivity contribution < 1.29 is 9.13 Å². The summed E-state index contributed by atoms with van der Waals surface area (Å²) in [5.41, 5.74) is 1.12. The van der Waals surface area contributed by atoms with Crippen molar-refractivity contribution in [3.05, 3.63) is 35.6 Å². The molecule has 0 amide bonds. The first-order valence-electron chi connectivity index (χ1n) is 5.90. The molecule has 1 aliphatic carbocycles. The van der Waals surface area contributed by atoms with Crippen LogP contribution in [-0.4, -0.2) is 25.8 Å². The Balaban J connectivity index is 1.51. The lowest BCUT2D eigenvalue weighted by atomic mass is 10.2. The maximum atomic E-state index is 12.6. The van der Waals surface area contributed by atoms with Gasteiger partial charge in [-0.15, -0.1) is 0 Å². The van der Waals surface area contributed by atoms with Gasteiger partial charge in [0.2, 0.25) is 0 Å². The fraction of sp³-hybridized carbons (Fsp3) is 0.538. The summed E-state index contributed by atoms with van der Waals surface area (Å²) < 4.78 is 18.1. The molecule has 16 heavy (non-hydrogen) atoms. The molecule has 0 spiro atoms. The van der Waals surface area contributed by atoms with Crippen LogP contribution in [0.15, 0.2) is 24.3 Å². The van der Waals surface area contributed by atoms with Gasteiger partial charge in [-0.05, 0) is 37.0 Å². The summed E-state index contributed by atoms with van der Waals surface area (Å²) in [6, 6.07) is 7.34. The Labute approximate surface area is 95.8 Å². The van der Waals surface area contributed by atoms with Gasteiger partial charge in [0, 0.05) is 12.6 Å². The number of halogens is 1. The molecule has 0 radical (unpaired) electrons. The number of rotatable bonds is 7. The van der Waals surface area contributed by atoms with E-state index in [1.54, 1.807) is 12.1 Å². The molecule has 3 heteroatoms. The lowest BCUT2D eigenvalue weighted by Crippen LogP contribution is -2.22. The van der Waals surface area contributed by atoms with Gasteiger partial charge in [0.1, 0.15) is 5.82 Å². The third-order valence-electron chi connectivity index (χ3n) is 2.71. The van der Waals surface area contributed by atoms with Gasteiger partial charge in [0.25, 0.3) is 0 Å². The van der Waals surface area contributed by atoms with E-state index >= 15 is 0 Å². The van der Waals surface area contributed by atoms with Crippen LogP contribution in [0.4, 0.5) is 4.39 Å². The molecule has 1 aromatic carbocycles. The molecular weight excluding hydrogens is 205 g/mol. The van der Waals surface area contributed by atoms with Crippen LogP contribution in [0.25, 0.3) is 0 Å². The lowest BCUT2D eigenvalue weighted by molar-refractivity contribution is 0.138. The summed E-state index contributed by atoms with van der Waals surface area (Å²) in [6.45, 7) is 2.41. The van der Waals surface area contributed by atoms with E-state index in [0.717, 1.165) is 31.2 Å². The van der Waals surface area contributed by atoms with Gasteiger partial charge >= 0.3 is 0 Å². The number of hydrogen-bond acceptors (Lipinski definition) is 2. The highest BCUT2D eigenvalue weighted by Gasteiger charge is 2.19. The first-order valence-corrected chi connectivity index (χ1v) is 5.90. The van der Waals surface area contributed by atoms with Crippen molar-refractivity contribution >= 4 is 0 Å². The molecular formula is C13H18FNO. The Bertz CT molecular complexity index is 308. The summed E-state index contributed by atoms with van der Waals surface area (Å²) >= 11 is 0. The molecule has 1 saturated carbocycles. The predicted octanol–water partition coefficient (Wildman–Crippen LogP) is 2.14. The minimum Gasteiger partial charge on any atom is -0.380 e. The Hall–Kier alpha value is -0.930. The van der Waals surface area contributed by atoms with E-state index in [1.807, 2.05) is 0 Å². The van der Waals surface area contributed by atoms with E-state index in [9.17, 15) is 4.39 Å². The molecule has 1 aromatic rings. The van der Waals surface area contributed by atoms with Gasteiger partial charge < -0.3 is 10.1 Å². The topological polar surface area (TPSA) is 21.3 Å². The molecule has 1 aliphatic rings. The van der Waals surface area contributed by atoms with Crippen LogP contribution in [0.3, 0.4) is 0 Å². The van der Waals surface area contributed by atoms with Gasteiger partial charge in [0.15, 0.2) is 0 Å². The van der Waals surface area contributed by atoms with Crippen molar-refractivity contribution in [2.75, 3.05) is 19.8 Å². The van der Waals surface area contributed by atoms with E-state index in [1.165, 1.54) is 25.0 Å². The second-order valence-corrected chi connectivity index (χ2v) is 4.22. The quantitative estimate of drug-likeness (QED) is 0.715. The Kier molecular flexibility index (Phi) is 4.31. The van der Waals surface area contributed by atoms with Crippen molar-refractivity contribution in [2.24, 2.45) is 0 Å². The Morgan fingerprint density at radius 3 is 2.62 bits per heavy atom. The minimum absolute atomic E-state index is 0.182. The fourth-order valence-electron chi connectivity index (χ4n) is 1.57. The van der Waals surface area contributed by atoms with Crippen LogP contribution in [-0.2, 0) is 11.2 Å². The van der Waals surface area contributed by atoms with Crippen LogP contribution in [0.1, 0.15) is 18.4 Å². The largest absolute Gasteiger partial charge is 0.380 e. The number of nitrogens with one attached hydrogen (secondary N) is 1. The highest BCUT2D eigenvalue weighted by atomic mass is 19.1. The van der Waals surface area contributed by atoms with Crippen molar-refractivity contribution in [2.45, 2.75) is 25.3 Å². The zero-order valence-electron chi connectivity index (χ0n) is 9.42. The molecule has 0 aliphatic heterocycles. The molecule has 0 unspecified atom stereocenters. The Morgan fingerprint density at radius 2 is 1.94 bits per heavy atom. The third kappa shape index (κ3) is 4.29. The van der Waals surface area contributed by atoms with Gasteiger partial charge in [-0.2, -0.15) is 0 Å². The van der Waals surface area contributed by atoms with Gasteiger partial charge in [0.05, 0.1) is 13.2 Å². The minimum atomic E-state index is -0.182. The standard InChI is InChI=1S/C13H18FNO/c14-12-3-1-11(2-4-12)7-9-16-10-8-15-13-5-6-13/h1-4,13,15H,5-10H2. The van der Waals surface area contributed by atoms with Crippen LogP contribution < -0.4 is 5.32 Å². The second-order valence-electron chi connectivity index (χ2n) is 4.22. The molecule has 0 atom stereocenters. The molecule has 0 aromatic heterocycles. The summed E-state index contributed by atoms with van der Waals surface area (Å²) in [6.07, 6.45) is 3.48. The van der Waals surface area contributed by atoms with Crippen molar-refractivity contribution in [1.29, 1.82) is 0 Å². The maximum absolute atomic E-state index is 12.6. The van der Waals surface area contributed by atoms with Crippen molar-refractivity contribution in [3.8, 4) is 0 Å². The summed E-state index contributed by atoms with van der Waals surface area (Å²) in [7, 11) is 0. The van der Waals surface area contributed by atoms with Crippen LogP contribution in [0.5, 0.6) is 0 Å². The Morgan fingerprint density at radius 1 is 1.19 bits per heavy atom. The first-order chi connectivity index (χ1) is 7.84. The predicted molar refractivity (Wildman–Crippen MR) is 61.9 cm³/mol. The zero-order chi connectivity index (χ0) is 11.2. The third-order valence-corrected chi connectivity index (χ3v) is 2.71. The monoisotopic (exact) mass is 223 g/mol. The SMILES string of the molecule is Fc1ccc(CCOCCNC2CC2)cc1. The van der Waals surface area contributed by atoms with E-state index in [-0.39, 0.29) is 5.82 Å². The lowest BCUT2D eigenvalue weighted by Gasteiger charge is -2.05. The molecule has 0 heterocycles. The highest BCUT2D eigenvalue weighted by Crippen LogP contribution is 2.17. The fourth-order valence-corrected chi connectivity index (χ4v) is 1.57. The number of benzene rings is 1. The van der Waals surface area contributed by atoms with Gasteiger partial charge in [-0.1, -0.05) is 12.1 Å². The molecule has 1 fully saturated rings.